The Hall–Kier alpha value is -2.08. The molecule has 0 amide bonds. The number of benzene rings is 4. The summed E-state index contributed by atoms with van der Waals surface area (Å²) in [6.45, 7) is 2.10. The van der Waals surface area contributed by atoms with Crippen LogP contribution in [0, 0.1) is 0 Å². The highest BCUT2D eigenvalue weighted by molar-refractivity contribution is 8.49. The lowest BCUT2D eigenvalue weighted by Crippen LogP contribution is -2.20. The molecule has 32 heavy (non-hydrogen) atoms. The van der Waals surface area contributed by atoms with Gasteiger partial charge in [0.05, 0.1) is 0 Å². The second kappa shape index (κ2) is 8.69. The van der Waals surface area contributed by atoms with Crippen LogP contribution in [0.4, 0.5) is 0 Å². The fourth-order valence-corrected chi connectivity index (χ4v) is 19.1. The zero-order chi connectivity index (χ0) is 22.1. The number of thiol groups is 1. The molecule has 0 radical (unpaired) electrons. The van der Waals surface area contributed by atoms with Crippen molar-refractivity contribution < 1.29 is 0 Å². The Morgan fingerprint density at radius 3 is 1.03 bits per heavy atom. The molecule has 7 heteroatoms. The Kier molecular flexibility index (Phi) is 5.91. The number of nitrogens with zero attached hydrogens (tertiary/aromatic N) is 3. The molecule has 0 spiro atoms. The maximum atomic E-state index is 5.79. The predicted octanol–water partition coefficient (Wildman–Crippen LogP) is 7.13. The van der Waals surface area contributed by atoms with Crippen LogP contribution in [-0.4, -0.2) is 6.66 Å². The van der Waals surface area contributed by atoms with Crippen molar-refractivity contribution in [3.8, 4) is 0 Å². The van der Waals surface area contributed by atoms with Gasteiger partial charge in [0.1, 0.15) is 20.8 Å². The van der Waals surface area contributed by atoms with Crippen molar-refractivity contribution in [3.05, 3.63) is 121 Å². The lowest BCUT2D eigenvalue weighted by atomic mass is 10.4. The summed E-state index contributed by atoms with van der Waals surface area (Å²) in [6.07, 6.45) is -2.29. The van der Waals surface area contributed by atoms with Crippen molar-refractivity contribution in [2.24, 2.45) is 13.5 Å². The molecule has 0 saturated heterocycles. The Morgan fingerprint density at radius 2 is 0.719 bits per heavy atom. The van der Waals surface area contributed by atoms with Crippen LogP contribution in [0.2, 0.25) is 0 Å². The second-order valence-electron chi connectivity index (χ2n) is 7.68. The van der Waals surface area contributed by atoms with Gasteiger partial charge in [-0.25, -0.2) is 13.5 Å². The van der Waals surface area contributed by atoms with Crippen molar-refractivity contribution in [1.82, 2.24) is 0 Å². The molecule has 0 N–H and O–H groups in total. The molecule has 1 aliphatic rings. The highest BCUT2D eigenvalue weighted by atomic mass is 32.7. The van der Waals surface area contributed by atoms with E-state index in [-0.39, 0.29) is 0 Å². The van der Waals surface area contributed by atoms with Gasteiger partial charge in [0.15, 0.2) is 0 Å². The Bertz CT molecular complexity index is 1230. The zero-order valence-electron chi connectivity index (χ0n) is 17.7. The minimum absolute atomic E-state index is 1.15. The standard InChI is InChI=1S/C25H24N3P3S/c1-29(32)26-30(22-14-6-2-7-15-22,23-16-8-3-9-17-23)28-31(27-29,24-18-10-4-11-19-24)25-20-12-5-13-21-25/h2-21,32H,1H3. The molecular weight excluding hydrogens is 467 g/mol. The summed E-state index contributed by atoms with van der Waals surface area (Å²) in [5.74, 6) is 0. The summed E-state index contributed by atoms with van der Waals surface area (Å²) >= 11 is 5.12. The Balaban J connectivity index is 2.00. The van der Waals surface area contributed by atoms with Gasteiger partial charge in [-0.3, -0.25) is 0 Å². The Morgan fingerprint density at radius 1 is 0.438 bits per heavy atom. The molecule has 0 aromatic heterocycles. The van der Waals surface area contributed by atoms with E-state index in [1.807, 2.05) is 24.3 Å². The third-order valence-corrected chi connectivity index (χ3v) is 17.7. The second-order valence-corrected chi connectivity index (χ2v) is 18.3. The van der Waals surface area contributed by atoms with Gasteiger partial charge >= 0.3 is 0 Å². The fraction of sp³-hybridized carbons (Fsp3) is 0.0400. The molecule has 0 aliphatic carbocycles. The minimum Gasteiger partial charge on any atom is -0.223 e. The van der Waals surface area contributed by atoms with Crippen LogP contribution in [0.1, 0.15) is 0 Å². The molecule has 1 heterocycles. The normalized spacial score (nSPS) is 20.9. The first-order valence-corrected chi connectivity index (χ1v) is 17.1. The summed E-state index contributed by atoms with van der Waals surface area (Å²) in [7, 11) is -4.98. The van der Waals surface area contributed by atoms with E-state index in [2.05, 4.69) is 104 Å². The van der Waals surface area contributed by atoms with E-state index in [9.17, 15) is 0 Å². The summed E-state index contributed by atoms with van der Waals surface area (Å²) < 4.78 is 16.6. The molecule has 4 aromatic carbocycles. The van der Waals surface area contributed by atoms with Gasteiger partial charge in [0, 0.05) is 21.2 Å². The van der Waals surface area contributed by atoms with Crippen LogP contribution < -0.4 is 21.2 Å². The average molecular weight is 491 g/mol. The lowest BCUT2D eigenvalue weighted by molar-refractivity contribution is 1.63. The van der Waals surface area contributed by atoms with Gasteiger partial charge in [0.2, 0.25) is 0 Å². The Labute approximate surface area is 195 Å². The summed E-state index contributed by atoms with van der Waals surface area (Å²) in [5.41, 5.74) is 0. The quantitative estimate of drug-likeness (QED) is 0.233. The smallest absolute Gasteiger partial charge is 0.138 e. The molecule has 0 fully saturated rings. The molecule has 4 aromatic rings. The largest absolute Gasteiger partial charge is 0.223 e. The van der Waals surface area contributed by atoms with E-state index < -0.39 is 20.8 Å². The average Bonchev–Trinajstić information content (AvgIpc) is 2.85. The summed E-state index contributed by atoms with van der Waals surface area (Å²) in [4.78, 5) is 0. The van der Waals surface area contributed by atoms with Crippen LogP contribution in [0.25, 0.3) is 0 Å². The van der Waals surface area contributed by atoms with Crippen LogP contribution in [-0.2, 0) is 0 Å². The van der Waals surface area contributed by atoms with E-state index in [0.29, 0.717) is 0 Å². The molecule has 160 valence electrons. The van der Waals surface area contributed by atoms with Crippen LogP contribution in [0.3, 0.4) is 0 Å². The highest BCUT2D eigenvalue weighted by Gasteiger charge is 2.37. The van der Waals surface area contributed by atoms with Gasteiger partial charge in [-0.15, -0.1) is 12.2 Å². The van der Waals surface area contributed by atoms with Crippen molar-refractivity contribution >= 4 is 54.3 Å². The van der Waals surface area contributed by atoms with E-state index in [1.165, 1.54) is 0 Å². The maximum absolute atomic E-state index is 5.79. The van der Waals surface area contributed by atoms with E-state index in [0.717, 1.165) is 21.2 Å². The summed E-state index contributed by atoms with van der Waals surface area (Å²) in [5, 5.41) is 4.60. The lowest BCUT2D eigenvalue weighted by Gasteiger charge is -2.35. The van der Waals surface area contributed by atoms with E-state index in [1.54, 1.807) is 0 Å². The number of rotatable bonds is 4. The monoisotopic (exact) mass is 491 g/mol. The van der Waals surface area contributed by atoms with Crippen molar-refractivity contribution in [1.29, 1.82) is 0 Å². The van der Waals surface area contributed by atoms with Gasteiger partial charge in [-0.2, -0.15) is 0 Å². The van der Waals surface area contributed by atoms with Gasteiger partial charge in [0.25, 0.3) is 0 Å². The maximum Gasteiger partial charge on any atom is 0.138 e. The topological polar surface area (TPSA) is 37.1 Å². The molecule has 0 bridgehead atoms. The highest BCUT2D eigenvalue weighted by Crippen LogP contribution is 2.77. The molecule has 3 nitrogen and oxygen atoms in total. The van der Waals surface area contributed by atoms with Crippen LogP contribution >= 0.6 is 33.1 Å². The van der Waals surface area contributed by atoms with Crippen molar-refractivity contribution in [3.63, 3.8) is 0 Å². The number of hydrogen-bond acceptors (Lipinski definition) is 3. The first kappa shape index (κ1) is 21.7. The summed E-state index contributed by atoms with van der Waals surface area (Å²) in [6, 6.07) is 42.1. The molecule has 5 rings (SSSR count). The third-order valence-electron chi connectivity index (χ3n) is 5.32. The van der Waals surface area contributed by atoms with Crippen molar-refractivity contribution in [2.75, 3.05) is 6.66 Å². The SMILES string of the molecule is CP1(S)=NP(c2ccccc2)(c2ccccc2)=NP(c2ccccc2)(c2ccccc2)=N1. The van der Waals surface area contributed by atoms with E-state index >= 15 is 0 Å². The third kappa shape index (κ3) is 3.91. The van der Waals surface area contributed by atoms with Crippen LogP contribution in [0.5, 0.6) is 0 Å². The first-order chi connectivity index (χ1) is 15.5. The predicted molar refractivity (Wildman–Crippen MR) is 147 cm³/mol. The minimum atomic E-state index is -2.49. The van der Waals surface area contributed by atoms with Crippen molar-refractivity contribution in [2.45, 2.75) is 0 Å². The number of hydrogen-bond donors (Lipinski definition) is 1. The van der Waals surface area contributed by atoms with Gasteiger partial charge < -0.3 is 0 Å². The molecule has 1 aliphatic heterocycles. The van der Waals surface area contributed by atoms with Gasteiger partial charge in [-0.05, 0) is 6.66 Å². The molecule has 1 unspecified atom stereocenters. The molecule has 1 atom stereocenters. The molecular formula is C25H24N3P3S. The molecule has 0 saturated carbocycles. The fourth-order valence-electron chi connectivity index (χ4n) is 3.99. The first-order valence-electron chi connectivity index (χ1n) is 10.4. The van der Waals surface area contributed by atoms with E-state index in [4.69, 9.17) is 25.8 Å². The van der Waals surface area contributed by atoms with Crippen LogP contribution in [0.15, 0.2) is 135 Å². The van der Waals surface area contributed by atoms with Gasteiger partial charge in [-0.1, -0.05) is 121 Å². The zero-order valence-corrected chi connectivity index (χ0v) is 21.3.